The second-order valence-corrected chi connectivity index (χ2v) is 6.63. The first kappa shape index (κ1) is 17.3. The minimum atomic E-state index is -0.630. The summed E-state index contributed by atoms with van der Waals surface area (Å²) >= 11 is 6.00. The highest BCUT2D eigenvalue weighted by Crippen LogP contribution is 2.27. The number of aryl methyl sites for hydroxylation is 2. The Morgan fingerprint density at radius 1 is 1.07 bits per heavy atom. The Hall–Kier alpha value is -3.12. The Morgan fingerprint density at radius 3 is 2.48 bits per heavy atom. The topological polar surface area (TPSA) is 60.7 Å². The molecule has 3 heterocycles. The maximum Gasteiger partial charge on any atom is 0.298 e. The zero-order valence-corrected chi connectivity index (χ0v) is 15.3. The lowest BCUT2D eigenvalue weighted by Gasteiger charge is -2.12. The third-order valence-corrected chi connectivity index (χ3v) is 4.64. The maximum absolute atomic E-state index is 13.2. The van der Waals surface area contributed by atoms with Crippen LogP contribution >= 0.6 is 11.6 Å². The summed E-state index contributed by atoms with van der Waals surface area (Å²) in [6.07, 6.45) is 1.27. The van der Waals surface area contributed by atoms with Crippen molar-refractivity contribution in [2.24, 2.45) is 0 Å². The van der Waals surface area contributed by atoms with Crippen molar-refractivity contribution in [1.82, 2.24) is 19.7 Å². The molecule has 0 aliphatic carbocycles. The average molecular weight is 381 g/mol. The van der Waals surface area contributed by atoms with Crippen LogP contribution in [0.5, 0.6) is 0 Å². The van der Waals surface area contributed by atoms with Gasteiger partial charge >= 0.3 is 0 Å². The van der Waals surface area contributed by atoms with Gasteiger partial charge in [0.05, 0.1) is 11.9 Å². The van der Waals surface area contributed by atoms with Crippen LogP contribution in [0.1, 0.15) is 11.3 Å². The smallest absolute Gasteiger partial charge is 0.265 e. The predicted octanol–water partition coefficient (Wildman–Crippen LogP) is 4.25. The molecule has 0 fully saturated rings. The molecule has 0 saturated carbocycles. The fraction of sp³-hybridized carbons (Fsp3) is 0.100. The second kappa shape index (κ2) is 6.55. The van der Waals surface area contributed by atoms with E-state index in [4.69, 9.17) is 11.6 Å². The zero-order chi connectivity index (χ0) is 19.1. The first-order valence-corrected chi connectivity index (χ1v) is 8.61. The molecule has 7 heteroatoms. The number of halogens is 2. The fourth-order valence-corrected chi connectivity index (χ4v) is 2.96. The lowest BCUT2D eigenvalue weighted by molar-refractivity contribution is 0.582. The summed E-state index contributed by atoms with van der Waals surface area (Å²) in [6.45, 7) is 3.78. The molecule has 0 unspecified atom stereocenters. The molecule has 3 aromatic heterocycles. The van der Waals surface area contributed by atoms with Crippen LogP contribution in [0.25, 0.3) is 27.8 Å². The van der Waals surface area contributed by atoms with Crippen molar-refractivity contribution in [3.05, 3.63) is 81.2 Å². The van der Waals surface area contributed by atoms with Gasteiger partial charge in [-0.05, 0) is 49.7 Å². The van der Waals surface area contributed by atoms with Gasteiger partial charge < -0.3 is 0 Å². The molecule has 0 aliphatic heterocycles. The molecule has 0 bridgehead atoms. The third kappa shape index (κ3) is 3.08. The van der Waals surface area contributed by atoms with Crippen LogP contribution in [0.4, 0.5) is 4.39 Å². The third-order valence-electron chi connectivity index (χ3n) is 4.39. The molecule has 1 aromatic carbocycles. The summed E-state index contributed by atoms with van der Waals surface area (Å²) < 4.78 is 14.4. The van der Waals surface area contributed by atoms with Crippen LogP contribution in [-0.2, 0) is 0 Å². The molecular weight excluding hydrogens is 367 g/mol. The number of benzene rings is 1. The number of rotatable bonds is 2. The van der Waals surface area contributed by atoms with Gasteiger partial charge in [-0.1, -0.05) is 23.7 Å². The van der Waals surface area contributed by atoms with E-state index < -0.39 is 5.95 Å². The molecule has 0 radical (unpaired) electrons. The molecular formula is C20H14ClFN4O. The van der Waals surface area contributed by atoms with Gasteiger partial charge in [-0.25, -0.2) is 9.97 Å². The van der Waals surface area contributed by atoms with Crippen LogP contribution in [0.2, 0.25) is 5.02 Å². The van der Waals surface area contributed by atoms with E-state index in [1.165, 1.54) is 23.0 Å². The summed E-state index contributed by atoms with van der Waals surface area (Å²) in [7, 11) is 0. The Morgan fingerprint density at radius 2 is 1.81 bits per heavy atom. The van der Waals surface area contributed by atoms with Crippen molar-refractivity contribution in [3.8, 4) is 16.9 Å². The van der Waals surface area contributed by atoms with E-state index in [9.17, 15) is 9.18 Å². The van der Waals surface area contributed by atoms with Crippen molar-refractivity contribution in [2.45, 2.75) is 13.8 Å². The molecule has 5 nitrogen and oxygen atoms in total. The number of hydrogen-bond acceptors (Lipinski definition) is 4. The van der Waals surface area contributed by atoms with E-state index in [1.807, 2.05) is 32.0 Å². The van der Waals surface area contributed by atoms with Crippen LogP contribution in [0.15, 0.2) is 53.5 Å². The highest BCUT2D eigenvalue weighted by molar-refractivity contribution is 6.30. The standard InChI is InChI=1S/C20H14ClFN4O/c1-11-9-16-18(13-3-5-14(21)6-4-13)25-26(15-7-8-17(22)23-10-15)20(27)19(16)24-12(11)2/h3-10H,1-2H3. The minimum absolute atomic E-state index is 0.294. The monoisotopic (exact) mass is 380 g/mol. The van der Waals surface area contributed by atoms with Crippen LogP contribution in [-0.4, -0.2) is 19.7 Å². The molecule has 0 N–H and O–H groups in total. The van der Waals surface area contributed by atoms with Gasteiger partial charge in [0.25, 0.3) is 5.56 Å². The second-order valence-electron chi connectivity index (χ2n) is 6.20. The molecule has 0 spiro atoms. The SMILES string of the molecule is Cc1cc2c(-c3ccc(Cl)cc3)nn(-c3ccc(F)nc3)c(=O)c2nc1C. The van der Waals surface area contributed by atoms with Gasteiger partial charge in [0.1, 0.15) is 11.2 Å². The Bertz CT molecular complexity index is 1220. The van der Waals surface area contributed by atoms with Crippen molar-refractivity contribution >= 4 is 22.5 Å². The van der Waals surface area contributed by atoms with E-state index >= 15 is 0 Å². The summed E-state index contributed by atoms with van der Waals surface area (Å²) in [5, 5.41) is 5.78. The van der Waals surface area contributed by atoms with Crippen LogP contribution in [0, 0.1) is 19.8 Å². The molecule has 27 heavy (non-hydrogen) atoms. The van der Waals surface area contributed by atoms with Crippen molar-refractivity contribution in [1.29, 1.82) is 0 Å². The highest BCUT2D eigenvalue weighted by Gasteiger charge is 2.16. The van der Waals surface area contributed by atoms with Gasteiger partial charge in [-0.3, -0.25) is 4.79 Å². The first-order valence-electron chi connectivity index (χ1n) is 8.23. The Labute approximate surface area is 159 Å². The van der Waals surface area contributed by atoms with Gasteiger partial charge in [0.2, 0.25) is 5.95 Å². The summed E-state index contributed by atoms with van der Waals surface area (Å²) in [5.41, 5.74) is 3.36. The normalized spacial score (nSPS) is 11.1. The predicted molar refractivity (Wildman–Crippen MR) is 103 cm³/mol. The summed E-state index contributed by atoms with van der Waals surface area (Å²) in [5.74, 6) is -0.630. The summed E-state index contributed by atoms with van der Waals surface area (Å²) in [4.78, 5) is 21.1. The molecule has 0 aliphatic rings. The average Bonchev–Trinajstić information content (AvgIpc) is 2.66. The van der Waals surface area contributed by atoms with Gasteiger partial charge in [-0.15, -0.1) is 0 Å². The maximum atomic E-state index is 13.2. The van der Waals surface area contributed by atoms with E-state index in [1.54, 1.807) is 12.1 Å². The minimum Gasteiger partial charge on any atom is -0.265 e. The van der Waals surface area contributed by atoms with E-state index in [-0.39, 0.29) is 5.56 Å². The van der Waals surface area contributed by atoms with Crippen LogP contribution < -0.4 is 5.56 Å². The van der Waals surface area contributed by atoms with E-state index in [0.29, 0.717) is 27.3 Å². The number of nitrogens with zero attached hydrogens (tertiary/aromatic N) is 4. The lowest BCUT2D eigenvalue weighted by Crippen LogP contribution is -2.23. The van der Waals surface area contributed by atoms with Gasteiger partial charge in [-0.2, -0.15) is 14.2 Å². The van der Waals surface area contributed by atoms with Gasteiger partial charge in [0, 0.05) is 21.7 Å². The molecule has 134 valence electrons. The molecule has 0 atom stereocenters. The number of aromatic nitrogens is 4. The number of hydrogen-bond donors (Lipinski definition) is 0. The fourth-order valence-electron chi connectivity index (χ4n) is 2.84. The molecule has 0 amide bonds. The molecule has 0 saturated heterocycles. The lowest BCUT2D eigenvalue weighted by atomic mass is 10.1. The molecule has 4 rings (SSSR count). The van der Waals surface area contributed by atoms with E-state index in [0.717, 1.165) is 16.8 Å². The Kier molecular flexibility index (Phi) is 4.20. The largest absolute Gasteiger partial charge is 0.298 e. The van der Waals surface area contributed by atoms with Crippen molar-refractivity contribution in [3.63, 3.8) is 0 Å². The summed E-state index contributed by atoms with van der Waals surface area (Å²) in [6, 6.07) is 11.7. The van der Waals surface area contributed by atoms with Crippen LogP contribution in [0.3, 0.4) is 0 Å². The quantitative estimate of drug-likeness (QED) is 0.488. The van der Waals surface area contributed by atoms with Crippen molar-refractivity contribution in [2.75, 3.05) is 0 Å². The molecule has 4 aromatic rings. The number of fused-ring (bicyclic) bond motifs is 1. The highest BCUT2D eigenvalue weighted by atomic mass is 35.5. The van der Waals surface area contributed by atoms with E-state index in [2.05, 4.69) is 15.1 Å². The number of pyridine rings is 2. The zero-order valence-electron chi connectivity index (χ0n) is 14.6. The van der Waals surface area contributed by atoms with Gasteiger partial charge in [0.15, 0.2) is 0 Å². The first-order chi connectivity index (χ1) is 12.9. The Balaban J connectivity index is 2.10. The van der Waals surface area contributed by atoms with Crippen molar-refractivity contribution < 1.29 is 4.39 Å².